The number of halogens is 1. The lowest BCUT2D eigenvalue weighted by Crippen LogP contribution is -2.30. The summed E-state index contributed by atoms with van der Waals surface area (Å²) in [7, 11) is 3.44. The summed E-state index contributed by atoms with van der Waals surface area (Å²) in [6.07, 6.45) is 1.66. The van der Waals surface area contributed by atoms with Gasteiger partial charge in [-0.05, 0) is 17.7 Å². The highest BCUT2D eigenvalue weighted by Gasteiger charge is 2.21. The molecule has 0 aliphatic carbocycles. The van der Waals surface area contributed by atoms with Crippen molar-refractivity contribution in [1.82, 2.24) is 15.2 Å². The van der Waals surface area contributed by atoms with Gasteiger partial charge in [-0.25, -0.2) is 5.43 Å². The van der Waals surface area contributed by atoms with E-state index in [1.165, 1.54) is 0 Å². The quantitative estimate of drug-likeness (QED) is 0.652. The summed E-state index contributed by atoms with van der Waals surface area (Å²) in [5, 5.41) is 4.83. The molecule has 2 aromatic rings. The van der Waals surface area contributed by atoms with Crippen molar-refractivity contribution in [1.29, 1.82) is 0 Å². The second-order valence-corrected chi connectivity index (χ2v) is 4.31. The molecule has 96 valence electrons. The maximum Gasteiger partial charge on any atom is 0.161 e. The van der Waals surface area contributed by atoms with E-state index < -0.39 is 0 Å². The number of benzene rings is 1. The Kier molecular flexibility index (Phi) is 3.86. The lowest BCUT2D eigenvalue weighted by Gasteiger charge is -2.18. The molecule has 1 unspecified atom stereocenters. The van der Waals surface area contributed by atoms with E-state index >= 15 is 0 Å². The number of hydrazine groups is 1. The molecule has 0 radical (unpaired) electrons. The molecule has 0 amide bonds. The van der Waals surface area contributed by atoms with Crippen molar-refractivity contribution < 1.29 is 4.74 Å². The van der Waals surface area contributed by atoms with Crippen molar-refractivity contribution >= 4 is 11.6 Å². The zero-order valence-electron chi connectivity index (χ0n) is 10.2. The number of rotatable bonds is 4. The van der Waals surface area contributed by atoms with Gasteiger partial charge in [0.15, 0.2) is 5.75 Å². The molecule has 0 saturated carbocycles. The maximum atomic E-state index is 6.00. The Bertz CT molecular complexity index is 541. The molecule has 0 saturated heterocycles. The molecule has 0 aliphatic rings. The minimum atomic E-state index is -0.230. The van der Waals surface area contributed by atoms with Crippen LogP contribution in [0.4, 0.5) is 0 Å². The van der Waals surface area contributed by atoms with E-state index in [4.69, 9.17) is 22.2 Å². The molecule has 6 heteroatoms. The van der Waals surface area contributed by atoms with Crippen molar-refractivity contribution in [3.8, 4) is 5.75 Å². The highest BCUT2D eigenvalue weighted by atomic mass is 35.5. The van der Waals surface area contributed by atoms with Crippen molar-refractivity contribution in [3.63, 3.8) is 0 Å². The molecule has 1 heterocycles. The van der Waals surface area contributed by atoms with E-state index in [9.17, 15) is 0 Å². The summed E-state index contributed by atoms with van der Waals surface area (Å²) >= 11 is 6.00. The van der Waals surface area contributed by atoms with Gasteiger partial charge in [0.2, 0.25) is 0 Å². The minimum absolute atomic E-state index is 0.230. The van der Waals surface area contributed by atoms with Crippen molar-refractivity contribution in [3.05, 3.63) is 46.7 Å². The highest BCUT2D eigenvalue weighted by molar-refractivity contribution is 6.30. The molecule has 18 heavy (non-hydrogen) atoms. The number of methoxy groups -OCH3 is 1. The summed E-state index contributed by atoms with van der Waals surface area (Å²) in [4.78, 5) is 0. The molecule has 1 aromatic carbocycles. The van der Waals surface area contributed by atoms with Crippen molar-refractivity contribution in [2.45, 2.75) is 6.04 Å². The van der Waals surface area contributed by atoms with Crippen molar-refractivity contribution in [2.24, 2.45) is 12.9 Å². The Labute approximate surface area is 110 Å². The van der Waals surface area contributed by atoms with Crippen LogP contribution in [0.2, 0.25) is 5.02 Å². The maximum absolute atomic E-state index is 6.00. The lowest BCUT2D eigenvalue weighted by atomic mass is 10.0. The Hall–Kier alpha value is -1.56. The van der Waals surface area contributed by atoms with E-state index in [1.54, 1.807) is 18.0 Å². The van der Waals surface area contributed by atoms with Gasteiger partial charge in [0.25, 0.3) is 0 Å². The van der Waals surface area contributed by atoms with Gasteiger partial charge in [-0.2, -0.15) is 5.10 Å². The van der Waals surface area contributed by atoms with E-state index in [0.29, 0.717) is 10.8 Å². The SMILES string of the molecule is COc1cnn(C)c1C(NN)c1cccc(Cl)c1. The van der Waals surface area contributed by atoms with Gasteiger partial charge in [0.05, 0.1) is 19.3 Å². The second kappa shape index (κ2) is 5.39. The average Bonchev–Trinajstić information content (AvgIpc) is 2.72. The minimum Gasteiger partial charge on any atom is -0.493 e. The Morgan fingerprint density at radius 3 is 2.89 bits per heavy atom. The first-order valence-electron chi connectivity index (χ1n) is 5.45. The van der Waals surface area contributed by atoms with E-state index in [2.05, 4.69) is 10.5 Å². The molecule has 0 bridgehead atoms. The molecular weight excluding hydrogens is 252 g/mol. The molecule has 2 rings (SSSR count). The second-order valence-electron chi connectivity index (χ2n) is 3.88. The fourth-order valence-electron chi connectivity index (χ4n) is 1.93. The molecular formula is C12H15ClN4O. The third-order valence-corrected chi connectivity index (χ3v) is 3.03. The van der Waals surface area contributed by atoms with E-state index in [0.717, 1.165) is 11.3 Å². The molecule has 0 fully saturated rings. The Morgan fingerprint density at radius 2 is 2.28 bits per heavy atom. The zero-order valence-corrected chi connectivity index (χ0v) is 11.0. The summed E-state index contributed by atoms with van der Waals surface area (Å²) in [6, 6.07) is 7.27. The number of hydrogen-bond donors (Lipinski definition) is 2. The van der Waals surface area contributed by atoms with Gasteiger partial charge in [-0.3, -0.25) is 10.5 Å². The smallest absolute Gasteiger partial charge is 0.161 e. The molecule has 1 atom stereocenters. The topological polar surface area (TPSA) is 65.1 Å². The Morgan fingerprint density at radius 1 is 1.50 bits per heavy atom. The van der Waals surface area contributed by atoms with Crippen LogP contribution in [0.15, 0.2) is 30.5 Å². The Balaban J connectivity index is 2.48. The first-order chi connectivity index (χ1) is 8.67. The van der Waals surface area contributed by atoms with Gasteiger partial charge in [-0.15, -0.1) is 0 Å². The van der Waals surface area contributed by atoms with Crippen LogP contribution in [0, 0.1) is 0 Å². The van der Waals surface area contributed by atoms with Crippen LogP contribution >= 0.6 is 11.6 Å². The molecule has 3 N–H and O–H groups in total. The molecule has 1 aromatic heterocycles. The first-order valence-corrected chi connectivity index (χ1v) is 5.82. The fraction of sp³-hybridized carbons (Fsp3) is 0.250. The largest absolute Gasteiger partial charge is 0.493 e. The molecule has 0 spiro atoms. The van der Waals surface area contributed by atoms with Gasteiger partial charge in [0.1, 0.15) is 5.69 Å². The number of nitrogens with two attached hydrogens (primary N) is 1. The summed E-state index contributed by atoms with van der Waals surface area (Å²) < 4.78 is 7.02. The molecule has 5 nitrogen and oxygen atoms in total. The number of ether oxygens (including phenoxy) is 1. The third kappa shape index (κ3) is 2.33. The third-order valence-electron chi connectivity index (χ3n) is 2.79. The van der Waals surface area contributed by atoms with Crippen LogP contribution in [-0.2, 0) is 7.05 Å². The monoisotopic (exact) mass is 266 g/mol. The predicted molar refractivity (Wildman–Crippen MR) is 70.4 cm³/mol. The van der Waals surface area contributed by atoms with Crippen LogP contribution in [0.3, 0.4) is 0 Å². The molecule has 0 aliphatic heterocycles. The van der Waals surface area contributed by atoms with Crippen molar-refractivity contribution in [2.75, 3.05) is 7.11 Å². The van der Waals surface area contributed by atoms with Gasteiger partial charge >= 0.3 is 0 Å². The normalized spacial score (nSPS) is 12.4. The summed E-state index contributed by atoms with van der Waals surface area (Å²) in [6.45, 7) is 0. The van der Waals surface area contributed by atoms with Crippen LogP contribution in [-0.4, -0.2) is 16.9 Å². The lowest BCUT2D eigenvalue weighted by molar-refractivity contribution is 0.401. The van der Waals surface area contributed by atoms with Gasteiger partial charge in [0, 0.05) is 12.1 Å². The number of aryl methyl sites for hydroxylation is 1. The summed E-state index contributed by atoms with van der Waals surface area (Å²) in [5.41, 5.74) is 4.56. The van der Waals surface area contributed by atoms with Gasteiger partial charge in [-0.1, -0.05) is 23.7 Å². The fourth-order valence-corrected chi connectivity index (χ4v) is 2.13. The van der Waals surface area contributed by atoms with Crippen LogP contribution in [0.5, 0.6) is 5.75 Å². The number of nitrogens with one attached hydrogen (secondary N) is 1. The number of hydrogen-bond acceptors (Lipinski definition) is 4. The summed E-state index contributed by atoms with van der Waals surface area (Å²) in [5.74, 6) is 6.33. The van der Waals surface area contributed by atoms with Crippen LogP contribution < -0.4 is 16.0 Å². The number of nitrogens with zero attached hydrogens (tertiary/aromatic N) is 2. The average molecular weight is 267 g/mol. The van der Waals surface area contributed by atoms with Crippen LogP contribution in [0.1, 0.15) is 17.3 Å². The van der Waals surface area contributed by atoms with E-state index in [-0.39, 0.29) is 6.04 Å². The number of aromatic nitrogens is 2. The zero-order chi connectivity index (χ0) is 13.1. The van der Waals surface area contributed by atoms with E-state index in [1.807, 2.05) is 31.3 Å². The predicted octanol–water partition coefficient (Wildman–Crippen LogP) is 1.63. The first kappa shape index (κ1) is 12.9. The highest BCUT2D eigenvalue weighted by Crippen LogP contribution is 2.29. The standard InChI is InChI=1S/C12H15ClN4O/c1-17-12(10(18-2)7-15-17)11(16-14)8-4-3-5-9(13)6-8/h3-7,11,16H,14H2,1-2H3. The van der Waals surface area contributed by atoms with Gasteiger partial charge < -0.3 is 4.74 Å². The van der Waals surface area contributed by atoms with Crippen LogP contribution in [0.25, 0.3) is 0 Å².